The lowest BCUT2D eigenvalue weighted by Gasteiger charge is -2.16. The van der Waals surface area contributed by atoms with Crippen LogP contribution in [0.5, 0.6) is 0 Å². The van der Waals surface area contributed by atoms with E-state index in [0.29, 0.717) is 0 Å². The molecule has 1 N–H and O–H groups in total. The first-order valence-corrected chi connectivity index (χ1v) is 5.44. The van der Waals surface area contributed by atoms with Crippen molar-refractivity contribution < 1.29 is 13.6 Å². The van der Waals surface area contributed by atoms with Crippen LogP contribution in [-0.2, 0) is 10.7 Å². The van der Waals surface area contributed by atoms with Gasteiger partial charge in [-0.3, -0.25) is 4.79 Å². The standard InChI is InChI=1S/C10H10BrF2NO/c11-6-9(15)14-7-10(12,13)8-4-2-1-3-5-8/h1-5H,6-7H2,(H,14,15). The summed E-state index contributed by atoms with van der Waals surface area (Å²) in [5.41, 5.74) is -0.0973. The van der Waals surface area contributed by atoms with E-state index in [0.717, 1.165) is 0 Å². The van der Waals surface area contributed by atoms with Gasteiger partial charge in [0.1, 0.15) is 0 Å². The predicted molar refractivity (Wildman–Crippen MR) is 57.1 cm³/mol. The number of hydrogen-bond acceptors (Lipinski definition) is 1. The molecule has 0 aliphatic rings. The van der Waals surface area contributed by atoms with Gasteiger partial charge in [-0.15, -0.1) is 0 Å². The summed E-state index contributed by atoms with van der Waals surface area (Å²) < 4.78 is 26.8. The first-order chi connectivity index (χ1) is 7.06. The van der Waals surface area contributed by atoms with Crippen molar-refractivity contribution in [3.63, 3.8) is 0 Å². The number of alkyl halides is 3. The van der Waals surface area contributed by atoms with E-state index >= 15 is 0 Å². The Kier molecular flexibility index (Phi) is 4.20. The van der Waals surface area contributed by atoms with E-state index in [9.17, 15) is 13.6 Å². The summed E-state index contributed by atoms with van der Waals surface area (Å²) in [7, 11) is 0. The van der Waals surface area contributed by atoms with Gasteiger partial charge >= 0.3 is 0 Å². The van der Waals surface area contributed by atoms with Gasteiger partial charge in [-0.05, 0) is 0 Å². The molecular formula is C10H10BrF2NO. The largest absolute Gasteiger partial charge is 0.349 e. The van der Waals surface area contributed by atoms with Gasteiger partial charge in [0.05, 0.1) is 11.9 Å². The maximum absolute atomic E-state index is 13.4. The molecule has 1 aromatic carbocycles. The van der Waals surface area contributed by atoms with Crippen LogP contribution in [-0.4, -0.2) is 17.8 Å². The molecule has 0 aliphatic carbocycles. The van der Waals surface area contributed by atoms with E-state index in [2.05, 4.69) is 21.2 Å². The van der Waals surface area contributed by atoms with Crippen molar-refractivity contribution in [3.8, 4) is 0 Å². The molecule has 0 radical (unpaired) electrons. The third kappa shape index (κ3) is 3.58. The molecule has 0 atom stereocenters. The van der Waals surface area contributed by atoms with E-state index in [1.807, 2.05) is 0 Å². The number of carbonyl (C=O) groups is 1. The summed E-state index contributed by atoms with van der Waals surface area (Å²) in [4.78, 5) is 10.8. The Morgan fingerprint density at radius 2 is 1.93 bits per heavy atom. The molecule has 1 amide bonds. The highest BCUT2D eigenvalue weighted by Gasteiger charge is 2.31. The van der Waals surface area contributed by atoms with Gasteiger partial charge in [0.25, 0.3) is 5.92 Å². The summed E-state index contributed by atoms with van der Waals surface area (Å²) in [6, 6.07) is 7.41. The second kappa shape index (κ2) is 5.21. The fraction of sp³-hybridized carbons (Fsp3) is 0.300. The van der Waals surface area contributed by atoms with E-state index < -0.39 is 18.4 Å². The smallest absolute Gasteiger partial charge is 0.290 e. The molecule has 0 fully saturated rings. The highest BCUT2D eigenvalue weighted by Crippen LogP contribution is 2.26. The van der Waals surface area contributed by atoms with Crippen LogP contribution in [0.15, 0.2) is 30.3 Å². The molecule has 0 bridgehead atoms. The molecular weight excluding hydrogens is 268 g/mol. The van der Waals surface area contributed by atoms with Crippen LogP contribution in [0.25, 0.3) is 0 Å². The number of carbonyl (C=O) groups excluding carboxylic acids is 1. The van der Waals surface area contributed by atoms with Crippen LogP contribution in [0.3, 0.4) is 0 Å². The van der Waals surface area contributed by atoms with Gasteiger partial charge in [-0.2, -0.15) is 8.78 Å². The zero-order chi connectivity index (χ0) is 11.3. The Balaban J connectivity index is 2.63. The fourth-order valence-corrected chi connectivity index (χ4v) is 1.24. The molecule has 82 valence electrons. The number of hydrogen-bond donors (Lipinski definition) is 1. The third-order valence-corrected chi connectivity index (χ3v) is 2.33. The number of nitrogens with one attached hydrogen (secondary N) is 1. The minimum atomic E-state index is -3.03. The zero-order valence-electron chi connectivity index (χ0n) is 7.84. The molecule has 0 heterocycles. The Bertz CT molecular complexity index is 329. The van der Waals surface area contributed by atoms with Crippen molar-refractivity contribution in [2.75, 3.05) is 11.9 Å². The number of rotatable bonds is 4. The Labute approximate surface area is 94.8 Å². The lowest BCUT2D eigenvalue weighted by atomic mass is 10.1. The second-order valence-corrected chi connectivity index (χ2v) is 3.54. The minimum Gasteiger partial charge on any atom is -0.349 e. The Hall–Kier alpha value is -0.970. The maximum atomic E-state index is 13.4. The molecule has 0 aromatic heterocycles. The minimum absolute atomic E-state index is 0.0257. The average Bonchev–Trinajstić information content (AvgIpc) is 2.27. The summed E-state index contributed by atoms with van der Waals surface area (Å²) in [5.74, 6) is -3.48. The molecule has 2 nitrogen and oxygen atoms in total. The highest BCUT2D eigenvalue weighted by molar-refractivity contribution is 9.09. The number of benzene rings is 1. The lowest BCUT2D eigenvalue weighted by Crippen LogP contribution is -2.35. The van der Waals surface area contributed by atoms with Crippen LogP contribution in [0.4, 0.5) is 8.78 Å². The van der Waals surface area contributed by atoms with Gasteiger partial charge in [-0.25, -0.2) is 0 Å². The van der Waals surface area contributed by atoms with Crippen molar-refractivity contribution in [2.45, 2.75) is 5.92 Å². The van der Waals surface area contributed by atoms with Crippen molar-refractivity contribution >= 4 is 21.8 Å². The van der Waals surface area contributed by atoms with Gasteiger partial charge in [0, 0.05) is 5.56 Å². The van der Waals surface area contributed by atoms with Crippen molar-refractivity contribution in [3.05, 3.63) is 35.9 Å². The summed E-state index contributed by atoms with van der Waals surface area (Å²) in [6.45, 7) is -0.679. The van der Waals surface area contributed by atoms with Crippen LogP contribution in [0, 0.1) is 0 Å². The molecule has 0 spiro atoms. The van der Waals surface area contributed by atoms with E-state index in [-0.39, 0.29) is 10.9 Å². The Morgan fingerprint density at radius 3 is 2.47 bits per heavy atom. The summed E-state index contributed by atoms with van der Waals surface area (Å²) >= 11 is 2.88. The fourth-order valence-electron chi connectivity index (χ4n) is 1.04. The summed E-state index contributed by atoms with van der Waals surface area (Å²) in [6.07, 6.45) is 0. The molecule has 0 unspecified atom stereocenters. The van der Waals surface area contributed by atoms with Gasteiger partial charge in [0.2, 0.25) is 5.91 Å². The molecule has 0 aliphatic heterocycles. The van der Waals surface area contributed by atoms with E-state index in [1.165, 1.54) is 24.3 Å². The Morgan fingerprint density at radius 1 is 1.33 bits per heavy atom. The normalized spacial score (nSPS) is 11.1. The van der Waals surface area contributed by atoms with Gasteiger partial charge in [0.15, 0.2) is 0 Å². The molecule has 15 heavy (non-hydrogen) atoms. The monoisotopic (exact) mass is 277 g/mol. The number of halogens is 3. The SMILES string of the molecule is O=C(CBr)NCC(F)(F)c1ccccc1. The summed E-state index contributed by atoms with van der Waals surface area (Å²) in [5, 5.41) is 2.16. The van der Waals surface area contributed by atoms with Crippen molar-refractivity contribution in [1.29, 1.82) is 0 Å². The van der Waals surface area contributed by atoms with Gasteiger partial charge < -0.3 is 5.32 Å². The highest BCUT2D eigenvalue weighted by atomic mass is 79.9. The molecule has 1 rings (SSSR count). The predicted octanol–water partition coefficient (Wildman–Crippen LogP) is 2.29. The molecule has 5 heteroatoms. The van der Waals surface area contributed by atoms with Crippen LogP contribution in [0.2, 0.25) is 0 Å². The third-order valence-electron chi connectivity index (χ3n) is 1.83. The molecule has 0 saturated heterocycles. The average molecular weight is 278 g/mol. The van der Waals surface area contributed by atoms with Crippen LogP contribution < -0.4 is 5.32 Å². The molecule has 0 saturated carbocycles. The lowest BCUT2D eigenvalue weighted by molar-refractivity contribution is -0.120. The first-order valence-electron chi connectivity index (χ1n) is 4.32. The maximum Gasteiger partial charge on any atom is 0.290 e. The van der Waals surface area contributed by atoms with Crippen molar-refractivity contribution in [2.24, 2.45) is 0 Å². The van der Waals surface area contributed by atoms with Crippen LogP contribution in [0.1, 0.15) is 5.56 Å². The van der Waals surface area contributed by atoms with Gasteiger partial charge in [-0.1, -0.05) is 46.3 Å². The van der Waals surface area contributed by atoms with E-state index in [1.54, 1.807) is 6.07 Å². The quantitative estimate of drug-likeness (QED) is 0.841. The molecule has 1 aromatic rings. The zero-order valence-corrected chi connectivity index (χ0v) is 9.43. The van der Waals surface area contributed by atoms with Crippen LogP contribution >= 0.6 is 15.9 Å². The second-order valence-electron chi connectivity index (χ2n) is 2.98. The van der Waals surface area contributed by atoms with Crippen molar-refractivity contribution in [1.82, 2.24) is 5.32 Å². The topological polar surface area (TPSA) is 29.1 Å². The number of amides is 1. The first kappa shape index (κ1) is 12.1. The van der Waals surface area contributed by atoms with E-state index in [4.69, 9.17) is 0 Å².